The van der Waals surface area contributed by atoms with E-state index in [0.29, 0.717) is 5.92 Å². The molecule has 2 aliphatic rings. The second-order valence-electron chi connectivity index (χ2n) is 7.61. The van der Waals surface area contributed by atoms with E-state index in [1.54, 1.807) is 7.11 Å². The van der Waals surface area contributed by atoms with Crippen molar-refractivity contribution in [2.45, 2.75) is 52.6 Å². The zero-order valence-electron chi connectivity index (χ0n) is 13.3. The summed E-state index contributed by atoms with van der Waals surface area (Å²) in [5.41, 5.74) is 1.42. The van der Waals surface area contributed by atoms with E-state index in [1.807, 2.05) is 12.1 Å². The molecule has 3 atom stereocenters. The fourth-order valence-corrected chi connectivity index (χ4v) is 5.10. The molecule has 110 valence electrons. The van der Waals surface area contributed by atoms with Gasteiger partial charge in [-0.05, 0) is 55.4 Å². The van der Waals surface area contributed by atoms with E-state index in [4.69, 9.17) is 4.74 Å². The Morgan fingerprint density at radius 2 is 1.95 bits per heavy atom. The predicted molar refractivity (Wildman–Crippen MR) is 80.9 cm³/mol. The highest BCUT2D eigenvalue weighted by molar-refractivity contribution is 5.42. The molecule has 1 N–H and O–H groups in total. The van der Waals surface area contributed by atoms with Crippen LogP contribution in [0.4, 0.5) is 0 Å². The number of hydrogen-bond acceptors (Lipinski definition) is 2. The van der Waals surface area contributed by atoms with Crippen LogP contribution in [0.5, 0.6) is 5.75 Å². The van der Waals surface area contributed by atoms with E-state index >= 15 is 0 Å². The summed E-state index contributed by atoms with van der Waals surface area (Å²) in [5.74, 6) is 1.49. The van der Waals surface area contributed by atoms with E-state index in [-0.39, 0.29) is 10.8 Å². The molecule has 1 aromatic rings. The highest BCUT2D eigenvalue weighted by atomic mass is 16.5. The Morgan fingerprint density at radius 3 is 2.45 bits per heavy atom. The van der Waals surface area contributed by atoms with Gasteiger partial charge in [-0.3, -0.25) is 0 Å². The van der Waals surface area contributed by atoms with Gasteiger partial charge in [0.15, 0.2) is 0 Å². The smallest absolute Gasteiger partial charge is 0.119 e. The van der Waals surface area contributed by atoms with Crippen molar-refractivity contribution >= 4 is 0 Å². The number of rotatable bonds is 2. The van der Waals surface area contributed by atoms with Gasteiger partial charge in [0.05, 0.1) is 7.11 Å². The first-order chi connectivity index (χ1) is 9.26. The summed E-state index contributed by atoms with van der Waals surface area (Å²) in [6, 6.07) is 6.09. The molecule has 0 radical (unpaired) electrons. The fourth-order valence-electron chi connectivity index (χ4n) is 5.10. The van der Waals surface area contributed by atoms with Crippen molar-refractivity contribution in [1.29, 1.82) is 0 Å². The maximum absolute atomic E-state index is 11.7. The first kappa shape index (κ1) is 13.9. The zero-order valence-corrected chi connectivity index (χ0v) is 13.3. The maximum atomic E-state index is 11.7. The van der Waals surface area contributed by atoms with Gasteiger partial charge in [-0.1, -0.05) is 26.8 Å². The average Bonchev–Trinajstić information content (AvgIpc) is 2.86. The van der Waals surface area contributed by atoms with Crippen LogP contribution in [-0.2, 0) is 5.60 Å². The Balaban J connectivity index is 2.17. The maximum Gasteiger partial charge on any atom is 0.119 e. The van der Waals surface area contributed by atoms with Crippen LogP contribution in [0, 0.1) is 23.7 Å². The molecule has 0 amide bonds. The summed E-state index contributed by atoms with van der Waals surface area (Å²) in [6.07, 6.45) is 3.52. The monoisotopic (exact) mass is 274 g/mol. The third-order valence-corrected chi connectivity index (χ3v) is 6.39. The van der Waals surface area contributed by atoms with Gasteiger partial charge in [-0.15, -0.1) is 0 Å². The van der Waals surface area contributed by atoms with Crippen molar-refractivity contribution in [1.82, 2.24) is 0 Å². The molecule has 2 bridgehead atoms. The van der Waals surface area contributed by atoms with Gasteiger partial charge in [0.1, 0.15) is 11.4 Å². The highest BCUT2D eigenvalue weighted by Gasteiger charge is 2.69. The van der Waals surface area contributed by atoms with Crippen molar-refractivity contribution in [3.8, 4) is 5.75 Å². The van der Waals surface area contributed by atoms with Crippen LogP contribution in [0.1, 0.15) is 51.2 Å². The van der Waals surface area contributed by atoms with Gasteiger partial charge >= 0.3 is 0 Å². The normalized spacial score (nSPS) is 38.2. The van der Waals surface area contributed by atoms with Gasteiger partial charge in [0, 0.05) is 10.8 Å². The third kappa shape index (κ3) is 1.43. The van der Waals surface area contributed by atoms with Gasteiger partial charge in [-0.25, -0.2) is 0 Å². The van der Waals surface area contributed by atoms with Crippen molar-refractivity contribution in [2.75, 3.05) is 7.11 Å². The molecule has 3 rings (SSSR count). The van der Waals surface area contributed by atoms with Crippen molar-refractivity contribution < 1.29 is 9.84 Å². The molecule has 0 heterocycles. The minimum atomic E-state index is -0.737. The lowest BCUT2D eigenvalue weighted by molar-refractivity contribution is -0.151. The molecule has 2 heteroatoms. The summed E-state index contributed by atoms with van der Waals surface area (Å²) in [5, 5.41) is 11.7. The third-order valence-electron chi connectivity index (χ3n) is 6.39. The highest BCUT2D eigenvalue weighted by Crippen LogP contribution is 2.72. The molecule has 2 aliphatic carbocycles. The largest absolute Gasteiger partial charge is 0.497 e. The Hall–Kier alpha value is -1.02. The quantitative estimate of drug-likeness (QED) is 0.882. The minimum Gasteiger partial charge on any atom is -0.497 e. The van der Waals surface area contributed by atoms with Crippen LogP contribution < -0.4 is 4.74 Å². The van der Waals surface area contributed by atoms with Gasteiger partial charge < -0.3 is 9.84 Å². The number of aryl methyl sites for hydroxylation is 1. The summed E-state index contributed by atoms with van der Waals surface area (Å²) >= 11 is 0. The number of fused-ring (bicyclic) bond motifs is 2. The fraction of sp³-hybridized carbons (Fsp3) is 0.667. The number of methoxy groups -OCH3 is 1. The SMILES string of the molecule is COc1ccc(C2(O)C3(C)CCC(C3)C2(C)C)c(C)c1. The second kappa shape index (κ2) is 4.00. The molecule has 2 fully saturated rings. The van der Waals surface area contributed by atoms with Crippen molar-refractivity contribution in [2.24, 2.45) is 16.7 Å². The molecule has 3 unspecified atom stereocenters. The number of aliphatic hydroxyl groups is 1. The van der Waals surface area contributed by atoms with Crippen LogP contribution in [0.15, 0.2) is 18.2 Å². The molecule has 0 aromatic heterocycles. The van der Waals surface area contributed by atoms with E-state index in [2.05, 4.69) is 33.8 Å². The molecule has 2 nitrogen and oxygen atoms in total. The van der Waals surface area contributed by atoms with E-state index in [9.17, 15) is 5.11 Å². The number of hydrogen-bond donors (Lipinski definition) is 1. The Morgan fingerprint density at radius 1 is 1.25 bits per heavy atom. The topological polar surface area (TPSA) is 29.5 Å². The molecular formula is C18H26O2. The molecule has 0 spiro atoms. The first-order valence-electron chi connectivity index (χ1n) is 7.64. The summed E-state index contributed by atoms with van der Waals surface area (Å²) in [7, 11) is 1.69. The summed E-state index contributed by atoms with van der Waals surface area (Å²) in [6.45, 7) is 8.84. The Bertz CT molecular complexity index is 542. The first-order valence-corrected chi connectivity index (χ1v) is 7.64. The van der Waals surface area contributed by atoms with E-state index in [1.165, 1.54) is 6.42 Å². The molecule has 20 heavy (non-hydrogen) atoms. The lowest BCUT2D eigenvalue weighted by Gasteiger charge is -2.51. The standard InChI is InChI=1S/C18H26O2/c1-12-10-14(20-5)6-7-15(12)18(19)16(2,3)13-8-9-17(18,4)11-13/h6-7,10,13,19H,8-9,11H2,1-5H3. The van der Waals surface area contributed by atoms with Gasteiger partial charge in [-0.2, -0.15) is 0 Å². The van der Waals surface area contributed by atoms with Gasteiger partial charge in [0.2, 0.25) is 0 Å². The van der Waals surface area contributed by atoms with Crippen molar-refractivity contribution in [3.63, 3.8) is 0 Å². The number of ether oxygens (including phenoxy) is 1. The predicted octanol–water partition coefficient (Wildman–Crippen LogP) is 4.04. The van der Waals surface area contributed by atoms with Crippen LogP contribution >= 0.6 is 0 Å². The second-order valence-corrected chi connectivity index (χ2v) is 7.61. The molecule has 0 aliphatic heterocycles. The summed E-state index contributed by atoms with van der Waals surface area (Å²) < 4.78 is 5.30. The van der Waals surface area contributed by atoms with Crippen molar-refractivity contribution in [3.05, 3.63) is 29.3 Å². The molecule has 0 saturated heterocycles. The number of benzene rings is 1. The molecular weight excluding hydrogens is 248 g/mol. The van der Waals surface area contributed by atoms with E-state index in [0.717, 1.165) is 29.7 Å². The van der Waals surface area contributed by atoms with Crippen LogP contribution in [-0.4, -0.2) is 12.2 Å². The van der Waals surface area contributed by atoms with Crippen LogP contribution in [0.25, 0.3) is 0 Å². The van der Waals surface area contributed by atoms with Crippen LogP contribution in [0.3, 0.4) is 0 Å². The molecule has 1 aromatic carbocycles. The summed E-state index contributed by atoms with van der Waals surface area (Å²) in [4.78, 5) is 0. The minimum absolute atomic E-state index is 0.000511. The Kier molecular flexibility index (Phi) is 2.79. The van der Waals surface area contributed by atoms with E-state index < -0.39 is 5.60 Å². The molecule has 2 saturated carbocycles. The lowest BCUT2D eigenvalue weighted by Crippen LogP contribution is -2.51. The average molecular weight is 274 g/mol. The zero-order chi connectivity index (χ0) is 14.8. The van der Waals surface area contributed by atoms with Gasteiger partial charge in [0.25, 0.3) is 0 Å². The Labute approximate surface area is 122 Å². The lowest BCUT2D eigenvalue weighted by atomic mass is 9.57. The van der Waals surface area contributed by atoms with Crippen LogP contribution in [0.2, 0.25) is 0 Å².